The Kier molecular flexibility index (Phi) is 5.14. The smallest absolute Gasteiger partial charge is 0.333 e. The molecule has 2 atom stereocenters. The molecule has 1 saturated carbocycles. The average molecular weight is 497 g/mol. The van der Waals surface area contributed by atoms with E-state index in [4.69, 9.17) is 24.4 Å². The van der Waals surface area contributed by atoms with Crippen molar-refractivity contribution in [1.29, 1.82) is 0 Å². The van der Waals surface area contributed by atoms with Crippen molar-refractivity contribution in [2.45, 2.75) is 25.3 Å². The molecule has 9 heteroatoms. The molecule has 1 saturated heterocycles. The zero-order valence-corrected chi connectivity index (χ0v) is 20.7. The molecule has 3 aromatic rings. The van der Waals surface area contributed by atoms with Crippen molar-refractivity contribution in [3.8, 4) is 11.4 Å². The maximum absolute atomic E-state index is 13.5. The van der Waals surface area contributed by atoms with Gasteiger partial charge in [0, 0.05) is 47.4 Å². The summed E-state index contributed by atoms with van der Waals surface area (Å²) in [4.78, 5) is 35.8. The number of esters is 1. The summed E-state index contributed by atoms with van der Waals surface area (Å²) in [6, 6.07) is 8.10. The number of carbonyl (C=O) groups excluding carboxylic acids is 1. The Hall–Kier alpha value is -3.98. The minimum atomic E-state index is -0.826. The number of nitrogens with one attached hydrogen (secondary N) is 1. The van der Waals surface area contributed by atoms with Crippen molar-refractivity contribution in [1.82, 2.24) is 19.9 Å². The number of H-pyrrole nitrogens is 1. The molecule has 4 heterocycles. The molecule has 2 fully saturated rings. The zero-order chi connectivity index (χ0) is 25.0. The van der Waals surface area contributed by atoms with E-state index in [2.05, 4.69) is 34.2 Å². The highest BCUT2D eigenvalue weighted by atomic mass is 16.5. The maximum Gasteiger partial charge on any atom is 0.333 e. The molecule has 9 nitrogen and oxygen atoms in total. The van der Waals surface area contributed by atoms with Gasteiger partial charge in [0.25, 0.3) is 0 Å². The lowest BCUT2D eigenvalue weighted by atomic mass is 10.1. The van der Waals surface area contributed by atoms with Crippen molar-refractivity contribution >= 4 is 28.8 Å². The van der Waals surface area contributed by atoms with E-state index in [0.29, 0.717) is 57.1 Å². The van der Waals surface area contributed by atoms with Crippen molar-refractivity contribution in [2.24, 2.45) is 5.92 Å². The molecular formula is C28H28N6O3. The minimum Gasteiger partial charge on any atom is -0.464 e. The van der Waals surface area contributed by atoms with Gasteiger partial charge in [-0.15, -0.1) is 0 Å². The van der Waals surface area contributed by atoms with Gasteiger partial charge >= 0.3 is 5.97 Å². The second-order valence-electron chi connectivity index (χ2n) is 9.72. The number of hydrogen-bond donors (Lipinski definition) is 1. The van der Waals surface area contributed by atoms with E-state index in [0.717, 1.165) is 34.2 Å². The Bertz CT molecular complexity index is 1480. The van der Waals surface area contributed by atoms with Gasteiger partial charge in [-0.1, -0.05) is 30.4 Å². The molecule has 0 spiro atoms. The summed E-state index contributed by atoms with van der Waals surface area (Å²) in [5, 5.41) is 1.04. The molecule has 188 valence electrons. The fourth-order valence-corrected chi connectivity index (χ4v) is 5.83. The highest BCUT2D eigenvalue weighted by Gasteiger charge is 2.71. The number of ether oxygens (including phenoxy) is 2. The van der Waals surface area contributed by atoms with Gasteiger partial charge < -0.3 is 19.4 Å². The second-order valence-corrected chi connectivity index (χ2v) is 9.72. The third-order valence-corrected chi connectivity index (χ3v) is 7.66. The normalized spacial score (nSPS) is 24.3. The van der Waals surface area contributed by atoms with Crippen LogP contribution in [0, 0.1) is 5.92 Å². The fraction of sp³-hybridized carbons (Fsp3) is 0.357. The van der Waals surface area contributed by atoms with Crippen LogP contribution in [0.4, 0.5) is 11.9 Å². The molecule has 37 heavy (non-hydrogen) atoms. The molecule has 1 aromatic carbocycles. The predicted molar refractivity (Wildman–Crippen MR) is 140 cm³/mol. The van der Waals surface area contributed by atoms with E-state index in [9.17, 15) is 4.79 Å². The van der Waals surface area contributed by atoms with Crippen molar-refractivity contribution in [3.63, 3.8) is 0 Å². The van der Waals surface area contributed by atoms with E-state index >= 15 is 0 Å². The molecule has 4 aliphatic rings. The first-order chi connectivity index (χ1) is 18.2. The third kappa shape index (κ3) is 3.41. The molecular weight excluding hydrogens is 468 g/mol. The first-order valence-corrected chi connectivity index (χ1v) is 12.9. The largest absolute Gasteiger partial charge is 0.464 e. The van der Waals surface area contributed by atoms with Gasteiger partial charge in [-0.3, -0.25) is 4.90 Å². The number of fused-ring (bicyclic) bond motifs is 3. The Morgan fingerprint density at radius 3 is 2.84 bits per heavy atom. The predicted octanol–water partition coefficient (Wildman–Crippen LogP) is 3.77. The van der Waals surface area contributed by atoms with Gasteiger partial charge in [-0.05, 0) is 43.5 Å². The van der Waals surface area contributed by atoms with Crippen LogP contribution in [0.1, 0.15) is 19.8 Å². The standard InChI is InChI=1S/C28H28N6O3/c1-2-37-25(35)28-17-21(28)20-7-4-3-5-10-23(20)34(28)27-31-24(19-8-6-9-22-18(19)11-12-29-22)30-26(32-27)33-13-15-36-16-14-33/h4-12,21,29H,2-3,13-17H2,1H3. The summed E-state index contributed by atoms with van der Waals surface area (Å²) in [6.07, 6.45) is 11.9. The number of morpholine rings is 1. The van der Waals surface area contributed by atoms with Gasteiger partial charge in [-0.25, -0.2) is 4.79 Å². The highest BCUT2D eigenvalue weighted by molar-refractivity contribution is 5.96. The van der Waals surface area contributed by atoms with Gasteiger partial charge in [0.1, 0.15) is 0 Å². The molecule has 0 radical (unpaired) electrons. The van der Waals surface area contributed by atoms with Gasteiger partial charge in [0.2, 0.25) is 11.9 Å². The van der Waals surface area contributed by atoms with Crippen LogP contribution in [-0.4, -0.2) is 64.4 Å². The average Bonchev–Trinajstić information content (AvgIpc) is 3.47. The zero-order valence-electron chi connectivity index (χ0n) is 20.7. The number of aromatic amines is 1. The molecule has 1 N–H and O–H groups in total. The van der Waals surface area contributed by atoms with Crippen molar-refractivity contribution < 1.29 is 14.3 Å². The summed E-state index contributed by atoms with van der Waals surface area (Å²) >= 11 is 0. The van der Waals surface area contributed by atoms with E-state index in [1.807, 2.05) is 42.3 Å². The number of hydrogen-bond acceptors (Lipinski definition) is 8. The van der Waals surface area contributed by atoms with Crippen molar-refractivity contribution in [2.75, 3.05) is 42.7 Å². The third-order valence-electron chi connectivity index (χ3n) is 7.66. The molecule has 2 aliphatic heterocycles. The molecule has 2 aromatic heterocycles. The fourth-order valence-electron chi connectivity index (χ4n) is 5.83. The lowest BCUT2D eigenvalue weighted by Gasteiger charge is -2.31. The number of carbonyl (C=O) groups is 1. The summed E-state index contributed by atoms with van der Waals surface area (Å²) in [6.45, 7) is 4.79. The van der Waals surface area contributed by atoms with Crippen molar-refractivity contribution in [3.05, 3.63) is 66.0 Å². The maximum atomic E-state index is 13.5. The summed E-state index contributed by atoms with van der Waals surface area (Å²) in [5.74, 6) is 1.47. The molecule has 2 unspecified atom stereocenters. The number of nitrogens with zero attached hydrogens (tertiary/aromatic N) is 5. The first-order valence-electron chi connectivity index (χ1n) is 12.9. The van der Waals surface area contributed by atoms with Gasteiger partial charge in [0.05, 0.1) is 19.8 Å². The summed E-state index contributed by atoms with van der Waals surface area (Å²) in [5.41, 5.74) is 3.21. The minimum absolute atomic E-state index is 0.0562. The summed E-state index contributed by atoms with van der Waals surface area (Å²) in [7, 11) is 0. The van der Waals surface area contributed by atoms with Crippen LogP contribution >= 0.6 is 0 Å². The number of anilines is 2. The molecule has 2 aliphatic carbocycles. The van der Waals surface area contributed by atoms with Crippen LogP contribution in [0.15, 0.2) is 66.0 Å². The van der Waals surface area contributed by atoms with Gasteiger partial charge in [-0.2, -0.15) is 15.0 Å². The molecule has 0 amide bonds. The monoisotopic (exact) mass is 496 g/mol. The number of allylic oxidation sites excluding steroid dienone is 4. The topological polar surface area (TPSA) is 96.5 Å². The SMILES string of the molecule is CCOC(=O)C12CC1C1=C(C=CCC=C1)N2c1nc(-c2cccc3[nH]ccc23)nc(N2CCOCC2)n1. The van der Waals surface area contributed by atoms with Crippen LogP contribution < -0.4 is 9.80 Å². The van der Waals surface area contributed by atoms with E-state index in [-0.39, 0.29) is 11.9 Å². The number of aromatic nitrogens is 4. The Balaban J connectivity index is 1.43. The Labute approximate surface area is 214 Å². The van der Waals surface area contributed by atoms with Crippen LogP contribution in [0.5, 0.6) is 0 Å². The van der Waals surface area contributed by atoms with Crippen LogP contribution in [-0.2, 0) is 14.3 Å². The van der Waals surface area contributed by atoms with E-state index < -0.39 is 5.54 Å². The highest BCUT2D eigenvalue weighted by Crippen LogP contribution is 2.62. The first kappa shape index (κ1) is 22.2. The van der Waals surface area contributed by atoms with Crippen LogP contribution in [0.2, 0.25) is 0 Å². The number of rotatable bonds is 5. The van der Waals surface area contributed by atoms with E-state index in [1.165, 1.54) is 0 Å². The number of benzene rings is 1. The molecule has 0 bridgehead atoms. The Morgan fingerprint density at radius 2 is 1.97 bits per heavy atom. The summed E-state index contributed by atoms with van der Waals surface area (Å²) < 4.78 is 11.2. The van der Waals surface area contributed by atoms with Crippen LogP contribution in [0.3, 0.4) is 0 Å². The lowest BCUT2D eigenvalue weighted by molar-refractivity contribution is -0.146. The lowest BCUT2D eigenvalue weighted by Crippen LogP contribution is -2.44. The van der Waals surface area contributed by atoms with Crippen LogP contribution in [0.25, 0.3) is 22.3 Å². The van der Waals surface area contributed by atoms with E-state index in [1.54, 1.807) is 0 Å². The van der Waals surface area contributed by atoms with Gasteiger partial charge in [0.15, 0.2) is 11.4 Å². The Morgan fingerprint density at radius 1 is 1.14 bits per heavy atom. The molecule has 7 rings (SSSR count). The second kappa shape index (κ2) is 8.55. The quantitative estimate of drug-likeness (QED) is 0.534.